The maximum Gasteiger partial charge on any atom is 0.0991 e. The summed E-state index contributed by atoms with van der Waals surface area (Å²) in [4.78, 5) is 2.35. The van der Waals surface area contributed by atoms with Gasteiger partial charge in [-0.15, -0.1) is 0 Å². The minimum atomic E-state index is -0.0880. The molecule has 4 nitrogen and oxygen atoms in total. The summed E-state index contributed by atoms with van der Waals surface area (Å²) in [5.41, 5.74) is 2.97. The van der Waals surface area contributed by atoms with E-state index in [9.17, 15) is 0 Å². The Kier molecular flexibility index (Phi) is 4.44. The van der Waals surface area contributed by atoms with E-state index in [1.807, 2.05) is 42.5 Å². The molecule has 0 N–H and O–H groups in total. The molecule has 2 atom stereocenters. The highest BCUT2D eigenvalue weighted by atomic mass is 16.6. The largest absolute Gasteiger partial charge is 0.371 e. The lowest BCUT2D eigenvalue weighted by Gasteiger charge is -2.24. The van der Waals surface area contributed by atoms with Gasteiger partial charge in [0.05, 0.1) is 36.6 Å². The second kappa shape index (κ2) is 6.87. The van der Waals surface area contributed by atoms with Crippen LogP contribution in [0.15, 0.2) is 54.6 Å². The first-order valence-electron chi connectivity index (χ1n) is 8.81. The highest BCUT2D eigenvalue weighted by molar-refractivity contribution is 5.51. The standard InChI is InChI=1S/C21H22N2O2/c22-13-17-6-8-19(9-7-17)23-11-10-21(16-23)12-20(15-25-21)24-14-18-4-2-1-3-5-18/h1-9,20H,10-12,14-16H2. The van der Waals surface area contributed by atoms with E-state index in [2.05, 4.69) is 23.1 Å². The predicted molar refractivity (Wildman–Crippen MR) is 96.3 cm³/mol. The molecule has 25 heavy (non-hydrogen) atoms. The Bertz CT molecular complexity index is 754. The van der Waals surface area contributed by atoms with Crippen molar-refractivity contribution in [1.82, 2.24) is 0 Å². The van der Waals surface area contributed by atoms with E-state index in [4.69, 9.17) is 14.7 Å². The Labute approximate surface area is 148 Å². The topological polar surface area (TPSA) is 45.5 Å². The van der Waals surface area contributed by atoms with Crippen LogP contribution >= 0.6 is 0 Å². The van der Waals surface area contributed by atoms with Crippen molar-refractivity contribution in [3.05, 3.63) is 65.7 Å². The number of hydrogen-bond acceptors (Lipinski definition) is 4. The highest BCUT2D eigenvalue weighted by Gasteiger charge is 2.46. The molecule has 2 aromatic carbocycles. The molecule has 0 amide bonds. The molecule has 2 aliphatic heterocycles. The Balaban J connectivity index is 1.34. The normalized spacial score (nSPS) is 25.4. The summed E-state index contributed by atoms with van der Waals surface area (Å²) in [6.07, 6.45) is 2.14. The fourth-order valence-electron chi connectivity index (χ4n) is 3.79. The molecule has 0 radical (unpaired) electrons. The first-order valence-corrected chi connectivity index (χ1v) is 8.81. The molecule has 0 aliphatic carbocycles. The Hall–Kier alpha value is -2.35. The first kappa shape index (κ1) is 16.1. The van der Waals surface area contributed by atoms with Crippen LogP contribution in [0.4, 0.5) is 5.69 Å². The molecule has 2 aromatic rings. The summed E-state index contributed by atoms with van der Waals surface area (Å²) in [5.74, 6) is 0. The van der Waals surface area contributed by atoms with Gasteiger partial charge in [-0.05, 0) is 36.2 Å². The van der Waals surface area contributed by atoms with Crippen molar-refractivity contribution < 1.29 is 9.47 Å². The number of anilines is 1. The number of ether oxygens (including phenoxy) is 2. The molecular weight excluding hydrogens is 312 g/mol. The van der Waals surface area contributed by atoms with Crippen molar-refractivity contribution in [2.45, 2.75) is 31.2 Å². The molecule has 0 aromatic heterocycles. The molecule has 128 valence electrons. The van der Waals surface area contributed by atoms with E-state index in [1.165, 1.54) is 5.56 Å². The average Bonchev–Trinajstić information content (AvgIpc) is 3.28. The van der Waals surface area contributed by atoms with Crippen LogP contribution in [-0.4, -0.2) is 31.4 Å². The molecule has 2 saturated heterocycles. The maximum absolute atomic E-state index is 8.93. The Morgan fingerprint density at radius 2 is 1.96 bits per heavy atom. The van der Waals surface area contributed by atoms with Gasteiger partial charge in [0.25, 0.3) is 0 Å². The highest BCUT2D eigenvalue weighted by Crippen LogP contribution is 2.38. The number of nitrogens with zero attached hydrogens (tertiary/aromatic N) is 2. The lowest BCUT2D eigenvalue weighted by molar-refractivity contribution is 0.00584. The summed E-state index contributed by atoms with van der Waals surface area (Å²) < 4.78 is 12.2. The summed E-state index contributed by atoms with van der Waals surface area (Å²) in [5, 5.41) is 8.93. The van der Waals surface area contributed by atoms with Crippen molar-refractivity contribution in [1.29, 1.82) is 5.26 Å². The zero-order chi connectivity index (χ0) is 17.1. The van der Waals surface area contributed by atoms with Gasteiger partial charge in [-0.25, -0.2) is 0 Å². The maximum atomic E-state index is 8.93. The van der Waals surface area contributed by atoms with E-state index >= 15 is 0 Å². The zero-order valence-corrected chi connectivity index (χ0v) is 14.2. The van der Waals surface area contributed by atoms with E-state index < -0.39 is 0 Å². The van der Waals surface area contributed by atoms with Crippen LogP contribution < -0.4 is 4.90 Å². The van der Waals surface area contributed by atoms with Crippen molar-refractivity contribution in [2.24, 2.45) is 0 Å². The van der Waals surface area contributed by atoms with Gasteiger partial charge >= 0.3 is 0 Å². The van der Waals surface area contributed by atoms with Gasteiger partial charge in [0.15, 0.2) is 0 Å². The second-order valence-electron chi connectivity index (χ2n) is 6.95. The first-order chi connectivity index (χ1) is 12.3. The summed E-state index contributed by atoms with van der Waals surface area (Å²) in [6, 6.07) is 20.2. The number of benzene rings is 2. The molecule has 4 heteroatoms. The number of hydrogen-bond donors (Lipinski definition) is 0. The molecule has 0 bridgehead atoms. The van der Waals surface area contributed by atoms with Crippen LogP contribution in [0.5, 0.6) is 0 Å². The number of nitriles is 1. The Morgan fingerprint density at radius 1 is 1.16 bits per heavy atom. The number of rotatable bonds is 4. The fourth-order valence-corrected chi connectivity index (χ4v) is 3.79. The van der Waals surface area contributed by atoms with E-state index in [0.29, 0.717) is 18.8 Å². The van der Waals surface area contributed by atoms with Crippen LogP contribution in [0.3, 0.4) is 0 Å². The molecule has 2 unspecified atom stereocenters. The minimum Gasteiger partial charge on any atom is -0.371 e. The molecule has 1 spiro atoms. The van der Waals surface area contributed by atoms with Gasteiger partial charge < -0.3 is 14.4 Å². The minimum absolute atomic E-state index is 0.0880. The van der Waals surface area contributed by atoms with Crippen molar-refractivity contribution in [2.75, 3.05) is 24.6 Å². The third kappa shape index (κ3) is 3.53. The molecule has 0 saturated carbocycles. The van der Waals surface area contributed by atoms with Crippen molar-refractivity contribution >= 4 is 5.69 Å². The van der Waals surface area contributed by atoms with Gasteiger partial charge in [-0.1, -0.05) is 30.3 Å². The lowest BCUT2D eigenvalue weighted by atomic mass is 9.98. The van der Waals surface area contributed by atoms with Gasteiger partial charge in [-0.3, -0.25) is 0 Å². The monoisotopic (exact) mass is 334 g/mol. The molecule has 4 rings (SSSR count). The van der Waals surface area contributed by atoms with E-state index in [1.54, 1.807) is 0 Å². The fraction of sp³-hybridized carbons (Fsp3) is 0.381. The van der Waals surface area contributed by atoms with Gasteiger partial charge in [0, 0.05) is 25.2 Å². The zero-order valence-electron chi connectivity index (χ0n) is 14.2. The molecular formula is C21H22N2O2. The van der Waals surface area contributed by atoms with Crippen molar-refractivity contribution in [3.8, 4) is 6.07 Å². The summed E-state index contributed by atoms with van der Waals surface area (Å²) in [6.45, 7) is 3.19. The average molecular weight is 334 g/mol. The smallest absolute Gasteiger partial charge is 0.0991 e. The third-order valence-corrected chi connectivity index (χ3v) is 5.18. The quantitative estimate of drug-likeness (QED) is 0.858. The van der Waals surface area contributed by atoms with Crippen molar-refractivity contribution in [3.63, 3.8) is 0 Å². The molecule has 2 heterocycles. The van der Waals surface area contributed by atoms with E-state index in [0.717, 1.165) is 31.6 Å². The van der Waals surface area contributed by atoms with Crippen LogP contribution in [0.2, 0.25) is 0 Å². The summed E-state index contributed by atoms with van der Waals surface area (Å²) in [7, 11) is 0. The summed E-state index contributed by atoms with van der Waals surface area (Å²) >= 11 is 0. The predicted octanol–water partition coefficient (Wildman–Crippen LogP) is 3.51. The van der Waals surface area contributed by atoms with Crippen LogP contribution in [0.1, 0.15) is 24.0 Å². The van der Waals surface area contributed by atoms with Crippen LogP contribution in [0.25, 0.3) is 0 Å². The van der Waals surface area contributed by atoms with Crippen LogP contribution in [0, 0.1) is 11.3 Å². The van der Waals surface area contributed by atoms with E-state index in [-0.39, 0.29) is 11.7 Å². The van der Waals surface area contributed by atoms with Gasteiger partial charge in [-0.2, -0.15) is 5.26 Å². The second-order valence-corrected chi connectivity index (χ2v) is 6.95. The third-order valence-electron chi connectivity index (χ3n) is 5.18. The molecule has 2 fully saturated rings. The lowest BCUT2D eigenvalue weighted by Crippen LogP contribution is -2.33. The molecule has 2 aliphatic rings. The van der Waals surface area contributed by atoms with Gasteiger partial charge in [0.2, 0.25) is 0 Å². The van der Waals surface area contributed by atoms with Crippen LogP contribution in [-0.2, 0) is 16.1 Å². The van der Waals surface area contributed by atoms with Gasteiger partial charge in [0.1, 0.15) is 0 Å². The SMILES string of the molecule is N#Cc1ccc(N2CCC3(CC(OCc4ccccc4)CO3)C2)cc1. The Morgan fingerprint density at radius 3 is 2.72 bits per heavy atom.